The minimum absolute atomic E-state index is 0.139. The van der Waals surface area contributed by atoms with Crippen LogP contribution in [0.1, 0.15) is 28.0 Å². The molecule has 1 aliphatic rings. The van der Waals surface area contributed by atoms with Crippen LogP contribution in [0.2, 0.25) is 0 Å². The van der Waals surface area contributed by atoms with Crippen molar-refractivity contribution in [3.8, 4) is 11.3 Å². The number of aromatic nitrogens is 2. The van der Waals surface area contributed by atoms with Crippen LogP contribution in [-0.4, -0.2) is 59.5 Å². The number of benzene rings is 1. The minimum Gasteiger partial charge on any atom is -0.453 e. The molecule has 2 aromatic heterocycles. The molecule has 0 spiro atoms. The number of hydrogen-bond acceptors (Lipinski definition) is 4. The number of carbonyl (C=O) groups is 2. The van der Waals surface area contributed by atoms with E-state index in [4.69, 9.17) is 0 Å². The minimum atomic E-state index is -3.13. The number of ether oxygens (including phenoxy) is 1. The molecule has 11 heteroatoms. The van der Waals surface area contributed by atoms with Crippen molar-refractivity contribution >= 4 is 17.6 Å². The van der Waals surface area contributed by atoms with E-state index in [9.17, 15) is 18.4 Å². The summed E-state index contributed by atoms with van der Waals surface area (Å²) in [5, 5.41) is 2.30. The number of methoxy groups -OCH3 is 1. The maximum absolute atomic E-state index is 15.1. The molecule has 186 valence electrons. The second-order valence-corrected chi connectivity index (χ2v) is 8.56. The summed E-state index contributed by atoms with van der Waals surface area (Å²) < 4.78 is 66.4. The first-order chi connectivity index (χ1) is 16.6. The van der Waals surface area contributed by atoms with Crippen molar-refractivity contribution < 1.29 is 31.9 Å². The number of nitrogens with one attached hydrogen (secondary N) is 1. The molecular weight excluding hydrogens is 468 g/mol. The van der Waals surface area contributed by atoms with Gasteiger partial charge < -0.3 is 19.4 Å². The monoisotopic (exact) mass is 492 g/mol. The Morgan fingerprint density at radius 3 is 2.54 bits per heavy atom. The number of alkyl halides is 2. The molecule has 1 aromatic carbocycles. The Balaban J connectivity index is 1.85. The maximum atomic E-state index is 15.1. The van der Waals surface area contributed by atoms with E-state index in [-0.39, 0.29) is 36.5 Å². The lowest BCUT2D eigenvalue weighted by Gasteiger charge is -2.37. The average Bonchev–Trinajstić information content (AvgIpc) is 3.15. The van der Waals surface area contributed by atoms with E-state index in [0.29, 0.717) is 5.65 Å². The summed E-state index contributed by atoms with van der Waals surface area (Å²) >= 11 is 0. The highest BCUT2D eigenvalue weighted by Crippen LogP contribution is 2.39. The van der Waals surface area contributed by atoms with Crippen molar-refractivity contribution in [3.05, 3.63) is 58.9 Å². The second kappa shape index (κ2) is 9.20. The van der Waals surface area contributed by atoms with Crippen molar-refractivity contribution in [1.29, 1.82) is 0 Å². The molecule has 1 unspecified atom stereocenters. The first-order valence-electron chi connectivity index (χ1n) is 11.0. The Hall–Kier alpha value is -3.63. The lowest BCUT2D eigenvalue weighted by Crippen LogP contribution is -2.50. The number of amides is 2. The highest BCUT2D eigenvalue weighted by molar-refractivity contribution is 5.94. The molecule has 2 amide bonds. The van der Waals surface area contributed by atoms with E-state index in [1.807, 2.05) is 0 Å². The molecule has 3 aromatic rings. The fourth-order valence-corrected chi connectivity index (χ4v) is 4.39. The van der Waals surface area contributed by atoms with Crippen molar-refractivity contribution in [2.75, 3.05) is 27.2 Å². The molecule has 3 heterocycles. The van der Waals surface area contributed by atoms with Crippen molar-refractivity contribution in [3.63, 3.8) is 0 Å². The molecule has 1 N–H and O–H groups in total. The molecule has 1 fully saturated rings. The summed E-state index contributed by atoms with van der Waals surface area (Å²) in [5.74, 6) is -7.23. The summed E-state index contributed by atoms with van der Waals surface area (Å²) in [7, 11) is 2.50. The van der Waals surface area contributed by atoms with Gasteiger partial charge in [0.15, 0.2) is 0 Å². The predicted molar refractivity (Wildman–Crippen MR) is 119 cm³/mol. The molecule has 1 aliphatic heterocycles. The molecule has 0 radical (unpaired) electrons. The normalized spacial score (nSPS) is 17.5. The van der Waals surface area contributed by atoms with E-state index < -0.39 is 47.5 Å². The van der Waals surface area contributed by atoms with Gasteiger partial charge in [-0.15, -0.1) is 0 Å². The van der Waals surface area contributed by atoms with E-state index in [0.717, 1.165) is 17.7 Å². The number of carbonyl (C=O) groups excluding carboxylic acids is 2. The first-order valence-corrected chi connectivity index (χ1v) is 11.0. The maximum Gasteiger partial charge on any atom is 0.409 e. The zero-order valence-corrected chi connectivity index (χ0v) is 19.4. The van der Waals surface area contributed by atoms with Gasteiger partial charge in [-0.1, -0.05) is 0 Å². The molecule has 0 aliphatic carbocycles. The summed E-state index contributed by atoms with van der Waals surface area (Å²) in [5.41, 5.74) is 0.435. The van der Waals surface area contributed by atoms with Crippen LogP contribution in [0.25, 0.3) is 16.9 Å². The highest BCUT2D eigenvalue weighted by atomic mass is 19.3. The van der Waals surface area contributed by atoms with Crippen LogP contribution < -0.4 is 5.32 Å². The number of rotatable bonds is 4. The molecule has 7 nitrogen and oxygen atoms in total. The smallest absolute Gasteiger partial charge is 0.409 e. The van der Waals surface area contributed by atoms with Gasteiger partial charge in [-0.25, -0.2) is 27.3 Å². The van der Waals surface area contributed by atoms with Gasteiger partial charge in [-0.05, 0) is 36.8 Å². The van der Waals surface area contributed by atoms with Gasteiger partial charge >= 0.3 is 6.09 Å². The van der Waals surface area contributed by atoms with Crippen LogP contribution in [0.4, 0.5) is 22.4 Å². The van der Waals surface area contributed by atoms with E-state index in [2.05, 4.69) is 15.0 Å². The van der Waals surface area contributed by atoms with Crippen LogP contribution >= 0.6 is 0 Å². The molecule has 1 atom stereocenters. The Labute approximate surface area is 198 Å². The lowest BCUT2D eigenvalue weighted by molar-refractivity contribution is -0.101. The van der Waals surface area contributed by atoms with Crippen molar-refractivity contribution in [1.82, 2.24) is 19.6 Å². The zero-order valence-electron chi connectivity index (χ0n) is 19.4. The number of halogens is 4. The van der Waals surface area contributed by atoms with Gasteiger partial charge in [0.2, 0.25) is 0 Å². The molecule has 0 saturated carbocycles. The standard InChI is InChI=1S/C24H24F4N4O3/c1-13-4-6-32-18(11-15-12-31(23(34)35-3)7-5-24(15,27)28)21(30-19(32)8-13)20-16(25)9-14(10-17(20)26)22(33)29-2/h4,6,8-10,15H,5,7,11-12H2,1-3H3,(H,29,33). The number of pyridine rings is 1. The Morgan fingerprint density at radius 2 is 1.91 bits per heavy atom. The van der Waals surface area contributed by atoms with Crippen LogP contribution in [0.3, 0.4) is 0 Å². The second-order valence-electron chi connectivity index (χ2n) is 8.56. The summed E-state index contributed by atoms with van der Waals surface area (Å²) in [6.07, 6.45) is 0.00313. The van der Waals surface area contributed by atoms with Crippen LogP contribution in [0, 0.1) is 24.5 Å². The fraction of sp³-hybridized carbons (Fsp3) is 0.375. The fourth-order valence-electron chi connectivity index (χ4n) is 4.39. The number of nitrogens with zero attached hydrogens (tertiary/aromatic N) is 3. The average molecular weight is 492 g/mol. The van der Waals surface area contributed by atoms with Gasteiger partial charge in [-0.2, -0.15) is 0 Å². The Bertz CT molecular complexity index is 1280. The van der Waals surface area contributed by atoms with E-state index >= 15 is 8.78 Å². The number of piperidine rings is 1. The lowest BCUT2D eigenvalue weighted by atomic mass is 9.88. The van der Waals surface area contributed by atoms with Crippen LogP contribution in [0.5, 0.6) is 0 Å². The van der Waals surface area contributed by atoms with Gasteiger partial charge in [0.25, 0.3) is 11.8 Å². The van der Waals surface area contributed by atoms with Gasteiger partial charge in [0.1, 0.15) is 17.3 Å². The summed E-state index contributed by atoms with van der Waals surface area (Å²) in [4.78, 5) is 29.4. The van der Waals surface area contributed by atoms with Gasteiger partial charge in [-0.3, -0.25) is 4.79 Å². The molecule has 35 heavy (non-hydrogen) atoms. The third kappa shape index (κ3) is 4.54. The molecule has 1 saturated heterocycles. The number of hydrogen-bond donors (Lipinski definition) is 1. The van der Waals surface area contributed by atoms with Crippen molar-refractivity contribution in [2.45, 2.75) is 25.7 Å². The SMILES string of the molecule is CNC(=O)c1cc(F)c(-c2nc3cc(C)ccn3c2CC2CN(C(=O)OC)CCC2(F)F)c(F)c1. The van der Waals surface area contributed by atoms with Gasteiger partial charge in [0, 0.05) is 50.7 Å². The molecular formula is C24H24F4N4O3. The third-order valence-corrected chi connectivity index (χ3v) is 6.27. The predicted octanol–water partition coefficient (Wildman–Crippen LogP) is 4.21. The summed E-state index contributed by atoms with van der Waals surface area (Å²) in [6.45, 7) is 1.34. The number of imidazole rings is 1. The third-order valence-electron chi connectivity index (χ3n) is 6.27. The number of fused-ring (bicyclic) bond motifs is 1. The van der Waals surface area contributed by atoms with E-state index in [1.54, 1.807) is 25.3 Å². The number of aryl methyl sites for hydroxylation is 1. The van der Waals surface area contributed by atoms with Crippen molar-refractivity contribution in [2.24, 2.45) is 5.92 Å². The Morgan fingerprint density at radius 1 is 1.23 bits per heavy atom. The summed E-state index contributed by atoms with van der Waals surface area (Å²) in [6, 6.07) is 5.15. The first kappa shape index (κ1) is 24.5. The largest absolute Gasteiger partial charge is 0.453 e. The molecule has 4 rings (SSSR count). The quantitative estimate of drug-likeness (QED) is 0.554. The van der Waals surface area contributed by atoms with Crippen LogP contribution in [-0.2, 0) is 11.2 Å². The Kier molecular flexibility index (Phi) is 6.44. The molecule has 0 bridgehead atoms. The topological polar surface area (TPSA) is 75.9 Å². The van der Waals surface area contributed by atoms with Gasteiger partial charge in [0.05, 0.1) is 24.1 Å². The van der Waals surface area contributed by atoms with E-state index in [1.165, 1.54) is 23.5 Å². The zero-order chi connectivity index (χ0) is 25.5. The van der Waals surface area contributed by atoms with Crippen LogP contribution in [0.15, 0.2) is 30.5 Å². The highest BCUT2D eigenvalue weighted by Gasteiger charge is 2.46. The number of likely N-dealkylation sites (tertiary alicyclic amines) is 1.